The molecule has 4 nitrogen and oxygen atoms in total. The Morgan fingerprint density at radius 1 is 1.33 bits per heavy atom. The molecule has 0 saturated carbocycles. The van der Waals surface area contributed by atoms with Crippen LogP contribution in [0.1, 0.15) is 12.5 Å². The largest absolute Gasteiger partial charge is 0.343 e. The monoisotopic (exact) mass is 248 g/mol. The molecule has 0 aliphatic carbocycles. The summed E-state index contributed by atoms with van der Waals surface area (Å²) in [7, 11) is 0. The molecule has 2 unspecified atom stereocenters. The molecular weight excluding hydrogens is 228 g/mol. The van der Waals surface area contributed by atoms with Crippen molar-refractivity contribution in [2.24, 2.45) is 5.73 Å². The first-order chi connectivity index (χ1) is 8.66. The minimum atomic E-state index is -0.598. The van der Waals surface area contributed by atoms with Crippen molar-refractivity contribution in [1.29, 1.82) is 0 Å². The first-order valence-electron chi connectivity index (χ1n) is 6.51. The SMILES string of the molecule is CC1(c2ccccc2)OCC(CN2CC(N)C2)O1. The summed E-state index contributed by atoms with van der Waals surface area (Å²) >= 11 is 0. The zero-order valence-corrected chi connectivity index (χ0v) is 10.7. The Hall–Kier alpha value is -0.940. The van der Waals surface area contributed by atoms with E-state index in [-0.39, 0.29) is 6.10 Å². The van der Waals surface area contributed by atoms with Gasteiger partial charge in [-0.05, 0) is 6.92 Å². The molecule has 0 aromatic heterocycles. The van der Waals surface area contributed by atoms with E-state index in [1.807, 2.05) is 37.3 Å². The van der Waals surface area contributed by atoms with Crippen LogP contribution in [-0.4, -0.2) is 43.3 Å². The lowest BCUT2D eigenvalue weighted by atomic mass is 10.1. The Balaban J connectivity index is 1.60. The van der Waals surface area contributed by atoms with Crippen molar-refractivity contribution < 1.29 is 9.47 Å². The van der Waals surface area contributed by atoms with Crippen molar-refractivity contribution in [3.05, 3.63) is 35.9 Å². The van der Waals surface area contributed by atoms with Crippen molar-refractivity contribution in [2.75, 3.05) is 26.2 Å². The van der Waals surface area contributed by atoms with Crippen molar-refractivity contribution in [3.63, 3.8) is 0 Å². The first kappa shape index (κ1) is 12.1. The summed E-state index contributed by atoms with van der Waals surface area (Å²) in [6.07, 6.45) is 0.141. The average molecular weight is 248 g/mol. The van der Waals surface area contributed by atoms with Crippen LogP contribution in [0.2, 0.25) is 0 Å². The molecule has 0 spiro atoms. The lowest BCUT2D eigenvalue weighted by molar-refractivity contribution is -0.164. The molecule has 2 aliphatic heterocycles. The number of hydrogen-bond acceptors (Lipinski definition) is 4. The van der Waals surface area contributed by atoms with Gasteiger partial charge in [0.15, 0.2) is 5.79 Å². The minimum Gasteiger partial charge on any atom is -0.343 e. The molecular formula is C14H20N2O2. The molecule has 2 heterocycles. The van der Waals surface area contributed by atoms with Crippen LogP contribution in [0, 0.1) is 0 Å². The van der Waals surface area contributed by atoms with E-state index in [1.54, 1.807) is 0 Å². The summed E-state index contributed by atoms with van der Waals surface area (Å²) in [5.41, 5.74) is 6.85. The van der Waals surface area contributed by atoms with Gasteiger partial charge in [-0.15, -0.1) is 0 Å². The van der Waals surface area contributed by atoms with Crippen LogP contribution >= 0.6 is 0 Å². The Labute approximate surface area is 108 Å². The van der Waals surface area contributed by atoms with Crippen LogP contribution in [0.15, 0.2) is 30.3 Å². The molecule has 2 saturated heterocycles. The lowest BCUT2D eigenvalue weighted by Crippen LogP contribution is -2.57. The van der Waals surface area contributed by atoms with Gasteiger partial charge >= 0.3 is 0 Å². The fraction of sp³-hybridized carbons (Fsp3) is 0.571. The van der Waals surface area contributed by atoms with Crippen LogP contribution in [-0.2, 0) is 15.3 Å². The van der Waals surface area contributed by atoms with Gasteiger partial charge in [0.25, 0.3) is 0 Å². The molecule has 0 radical (unpaired) electrons. The maximum absolute atomic E-state index is 6.07. The quantitative estimate of drug-likeness (QED) is 0.864. The second-order valence-corrected chi connectivity index (χ2v) is 5.34. The van der Waals surface area contributed by atoms with Gasteiger partial charge in [0, 0.05) is 31.2 Å². The second-order valence-electron chi connectivity index (χ2n) is 5.34. The van der Waals surface area contributed by atoms with Crippen molar-refractivity contribution in [1.82, 2.24) is 4.90 Å². The van der Waals surface area contributed by atoms with Gasteiger partial charge in [0.2, 0.25) is 0 Å². The average Bonchev–Trinajstić information content (AvgIpc) is 2.72. The van der Waals surface area contributed by atoms with E-state index in [0.717, 1.165) is 25.2 Å². The fourth-order valence-corrected chi connectivity index (χ4v) is 2.67. The van der Waals surface area contributed by atoms with Crippen molar-refractivity contribution >= 4 is 0 Å². The van der Waals surface area contributed by atoms with Gasteiger partial charge in [0.05, 0.1) is 12.7 Å². The molecule has 2 N–H and O–H groups in total. The van der Waals surface area contributed by atoms with E-state index in [1.165, 1.54) is 0 Å². The zero-order chi connectivity index (χ0) is 12.6. The number of ether oxygens (including phenoxy) is 2. The molecule has 98 valence electrons. The Morgan fingerprint density at radius 2 is 2.06 bits per heavy atom. The second kappa shape index (κ2) is 4.63. The molecule has 1 aromatic carbocycles. The summed E-state index contributed by atoms with van der Waals surface area (Å²) in [4.78, 5) is 2.31. The third-order valence-corrected chi connectivity index (χ3v) is 3.68. The van der Waals surface area contributed by atoms with Crippen LogP contribution in [0.4, 0.5) is 0 Å². The third kappa shape index (κ3) is 2.29. The third-order valence-electron chi connectivity index (χ3n) is 3.68. The highest BCUT2D eigenvalue weighted by Crippen LogP contribution is 2.34. The smallest absolute Gasteiger partial charge is 0.192 e. The Kier molecular flexibility index (Phi) is 3.11. The summed E-state index contributed by atoms with van der Waals surface area (Å²) in [5.74, 6) is -0.598. The highest BCUT2D eigenvalue weighted by molar-refractivity contribution is 5.20. The highest BCUT2D eigenvalue weighted by atomic mass is 16.7. The Bertz CT molecular complexity index is 406. The Morgan fingerprint density at radius 3 is 2.72 bits per heavy atom. The molecule has 0 bridgehead atoms. The van der Waals surface area contributed by atoms with E-state index in [4.69, 9.17) is 15.2 Å². The van der Waals surface area contributed by atoms with Crippen LogP contribution in [0.5, 0.6) is 0 Å². The maximum atomic E-state index is 6.07. The van der Waals surface area contributed by atoms with Crippen LogP contribution in [0.25, 0.3) is 0 Å². The van der Waals surface area contributed by atoms with E-state index >= 15 is 0 Å². The maximum Gasteiger partial charge on any atom is 0.192 e. The summed E-state index contributed by atoms with van der Waals surface area (Å²) in [6, 6.07) is 10.4. The van der Waals surface area contributed by atoms with Gasteiger partial charge in [0.1, 0.15) is 0 Å². The van der Waals surface area contributed by atoms with Crippen molar-refractivity contribution in [3.8, 4) is 0 Å². The van der Waals surface area contributed by atoms with E-state index < -0.39 is 5.79 Å². The number of nitrogens with two attached hydrogens (primary N) is 1. The molecule has 18 heavy (non-hydrogen) atoms. The summed E-state index contributed by atoms with van der Waals surface area (Å²) in [5, 5.41) is 0. The van der Waals surface area contributed by atoms with E-state index in [0.29, 0.717) is 12.6 Å². The standard InChI is InChI=1S/C14H20N2O2/c1-14(11-5-3-2-4-6-11)17-10-13(18-14)9-16-7-12(15)8-16/h2-6,12-13H,7-10,15H2,1H3. The zero-order valence-electron chi connectivity index (χ0n) is 10.7. The molecule has 0 amide bonds. The molecule has 2 atom stereocenters. The number of rotatable bonds is 3. The molecule has 2 aliphatic rings. The fourth-order valence-electron chi connectivity index (χ4n) is 2.67. The minimum absolute atomic E-state index is 0.141. The number of nitrogens with zero attached hydrogens (tertiary/aromatic N) is 1. The summed E-state index contributed by atoms with van der Waals surface area (Å²) in [6.45, 7) is 5.50. The highest BCUT2D eigenvalue weighted by Gasteiger charge is 2.40. The van der Waals surface area contributed by atoms with E-state index in [2.05, 4.69) is 4.90 Å². The van der Waals surface area contributed by atoms with Gasteiger partial charge in [-0.1, -0.05) is 30.3 Å². The molecule has 4 heteroatoms. The number of likely N-dealkylation sites (tertiary alicyclic amines) is 1. The molecule has 2 fully saturated rings. The van der Waals surface area contributed by atoms with Gasteiger partial charge in [-0.3, -0.25) is 4.90 Å². The van der Waals surface area contributed by atoms with Crippen molar-refractivity contribution in [2.45, 2.75) is 24.9 Å². The number of hydrogen-bond donors (Lipinski definition) is 1. The lowest BCUT2D eigenvalue weighted by Gasteiger charge is -2.38. The van der Waals surface area contributed by atoms with Crippen LogP contribution in [0.3, 0.4) is 0 Å². The number of benzene rings is 1. The molecule has 1 aromatic rings. The van der Waals surface area contributed by atoms with Gasteiger partial charge in [-0.25, -0.2) is 0 Å². The van der Waals surface area contributed by atoms with E-state index in [9.17, 15) is 0 Å². The summed E-state index contributed by atoms with van der Waals surface area (Å²) < 4.78 is 11.9. The molecule has 3 rings (SSSR count). The topological polar surface area (TPSA) is 47.7 Å². The predicted molar refractivity (Wildman–Crippen MR) is 69.0 cm³/mol. The van der Waals surface area contributed by atoms with Gasteiger partial charge < -0.3 is 15.2 Å². The predicted octanol–water partition coefficient (Wildman–Crippen LogP) is 0.918. The van der Waals surface area contributed by atoms with Gasteiger partial charge in [-0.2, -0.15) is 0 Å². The normalized spacial score (nSPS) is 33.6. The first-order valence-corrected chi connectivity index (χ1v) is 6.51. The van der Waals surface area contributed by atoms with Crippen LogP contribution < -0.4 is 5.73 Å².